The summed E-state index contributed by atoms with van der Waals surface area (Å²) in [4.78, 5) is 11.9. The number of nitrogens with one attached hydrogen (secondary N) is 1. The largest absolute Gasteiger partial charge is 0.367 e. The lowest BCUT2D eigenvalue weighted by atomic mass is 9.90. The van der Waals surface area contributed by atoms with Gasteiger partial charge in [0, 0.05) is 10.0 Å². The molecule has 0 saturated carbocycles. The molecule has 0 aliphatic rings. The van der Waals surface area contributed by atoms with E-state index in [1.165, 1.54) is 43.3 Å². The van der Waals surface area contributed by atoms with Gasteiger partial charge < -0.3 is 11.1 Å². The van der Waals surface area contributed by atoms with Crippen LogP contribution in [0.15, 0.2) is 46.9 Å². The summed E-state index contributed by atoms with van der Waals surface area (Å²) in [5, 5.41) is 2.70. The van der Waals surface area contributed by atoms with Crippen molar-refractivity contribution in [1.82, 2.24) is 0 Å². The molecule has 1 amide bonds. The van der Waals surface area contributed by atoms with Gasteiger partial charge in [0.25, 0.3) is 0 Å². The maximum absolute atomic E-state index is 14.1. The van der Waals surface area contributed by atoms with Crippen LogP contribution in [0.4, 0.5) is 14.5 Å². The number of hydrogen-bond donors (Lipinski definition) is 2. The number of para-hydroxylation sites is 1. The number of nitrogens with two attached hydrogens (primary N) is 1. The first-order valence-electron chi connectivity index (χ1n) is 6.13. The Hall–Kier alpha value is -1.95. The van der Waals surface area contributed by atoms with E-state index in [-0.39, 0.29) is 11.3 Å². The third-order valence-corrected chi connectivity index (χ3v) is 3.71. The predicted molar refractivity (Wildman–Crippen MR) is 80.7 cm³/mol. The third kappa shape index (κ3) is 3.05. The fraction of sp³-hybridized carbons (Fsp3) is 0.133. The Morgan fingerprint density at radius 1 is 1.19 bits per heavy atom. The molecule has 2 aromatic carbocycles. The number of benzene rings is 2. The minimum absolute atomic E-state index is 0.0348. The topological polar surface area (TPSA) is 55.1 Å². The van der Waals surface area contributed by atoms with Gasteiger partial charge in [-0.05, 0) is 37.3 Å². The van der Waals surface area contributed by atoms with Crippen LogP contribution in [0.25, 0.3) is 0 Å². The van der Waals surface area contributed by atoms with Gasteiger partial charge in [-0.25, -0.2) is 8.78 Å². The van der Waals surface area contributed by atoms with Crippen molar-refractivity contribution in [2.75, 3.05) is 5.32 Å². The molecule has 110 valence electrons. The summed E-state index contributed by atoms with van der Waals surface area (Å²) in [6.07, 6.45) is 0. The molecule has 0 bridgehead atoms. The van der Waals surface area contributed by atoms with E-state index < -0.39 is 23.1 Å². The van der Waals surface area contributed by atoms with Gasteiger partial charge in [0.15, 0.2) is 0 Å². The molecule has 0 spiro atoms. The van der Waals surface area contributed by atoms with E-state index in [9.17, 15) is 13.6 Å². The van der Waals surface area contributed by atoms with Crippen molar-refractivity contribution in [3.05, 3.63) is 64.1 Å². The lowest BCUT2D eigenvalue weighted by molar-refractivity contribution is -0.122. The average molecular weight is 355 g/mol. The van der Waals surface area contributed by atoms with Gasteiger partial charge >= 0.3 is 0 Å². The Bertz CT molecular complexity index is 693. The molecule has 3 N–H and O–H groups in total. The van der Waals surface area contributed by atoms with E-state index >= 15 is 0 Å². The minimum Gasteiger partial charge on any atom is -0.367 e. The van der Waals surface area contributed by atoms with Crippen molar-refractivity contribution in [2.24, 2.45) is 5.73 Å². The molecular formula is C15H13BrF2N2O. The highest BCUT2D eigenvalue weighted by Gasteiger charge is 2.36. The standard InChI is InChI=1S/C15H13BrF2N2O/c1-15(14(19)21,10-8-9(16)6-7-11(10)17)20-13-5-3-2-4-12(13)18/h2-8,20H,1H3,(H2,19,21). The van der Waals surface area contributed by atoms with E-state index in [1.807, 2.05) is 0 Å². The summed E-state index contributed by atoms with van der Waals surface area (Å²) < 4.78 is 28.4. The van der Waals surface area contributed by atoms with Crippen LogP contribution in [0.5, 0.6) is 0 Å². The Balaban J connectivity index is 2.53. The van der Waals surface area contributed by atoms with Crippen LogP contribution in [0.2, 0.25) is 0 Å². The molecule has 1 unspecified atom stereocenters. The highest BCUT2D eigenvalue weighted by Crippen LogP contribution is 2.31. The quantitative estimate of drug-likeness (QED) is 0.882. The molecule has 0 fully saturated rings. The second-order valence-electron chi connectivity index (χ2n) is 4.72. The van der Waals surface area contributed by atoms with Crippen molar-refractivity contribution in [3.8, 4) is 0 Å². The van der Waals surface area contributed by atoms with Gasteiger partial charge in [-0.2, -0.15) is 0 Å². The van der Waals surface area contributed by atoms with Crippen LogP contribution < -0.4 is 11.1 Å². The minimum atomic E-state index is -1.59. The number of primary amides is 1. The highest BCUT2D eigenvalue weighted by atomic mass is 79.9. The fourth-order valence-corrected chi connectivity index (χ4v) is 2.34. The lowest BCUT2D eigenvalue weighted by Gasteiger charge is -2.29. The molecule has 3 nitrogen and oxygen atoms in total. The monoisotopic (exact) mass is 354 g/mol. The van der Waals surface area contributed by atoms with Gasteiger partial charge in [0.1, 0.15) is 17.2 Å². The fourth-order valence-electron chi connectivity index (χ4n) is 1.97. The summed E-state index contributed by atoms with van der Waals surface area (Å²) in [7, 11) is 0. The van der Waals surface area contributed by atoms with Crippen LogP contribution in [-0.4, -0.2) is 5.91 Å². The molecule has 0 heterocycles. The zero-order valence-electron chi connectivity index (χ0n) is 11.2. The predicted octanol–water partition coefficient (Wildman–Crippen LogP) is 3.54. The second-order valence-corrected chi connectivity index (χ2v) is 5.63. The van der Waals surface area contributed by atoms with Crippen LogP contribution in [0.3, 0.4) is 0 Å². The normalized spacial score (nSPS) is 13.5. The van der Waals surface area contributed by atoms with Crippen molar-refractivity contribution in [3.63, 3.8) is 0 Å². The smallest absolute Gasteiger partial charge is 0.247 e. The maximum Gasteiger partial charge on any atom is 0.247 e. The molecule has 0 saturated heterocycles. The SMILES string of the molecule is CC(Nc1ccccc1F)(C(N)=O)c1cc(Br)ccc1F. The molecule has 6 heteroatoms. The Labute approximate surface area is 129 Å². The number of carbonyl (C=O) groups is 1. The Morgan fingerprint density at radius 2 is 1.86 bits per heavy atom. The third-order valence-electron chi connectivity index (χ3n) is 3.22. The zero-order chi connectivity index (χ0) is 15.6. The number of amides is 1. The van der Waals surface area contributed by atoms with Gasteiger partial charge in [-0.1, -0.05) is 28.1 Å². The first-order chi connectivity index (χ1) is 9.84. The van der Waals surface area contributed by atoms with E-state index in [1.54, 1.807) is 6.07 Å². The molecule has 1 atom stereocenters. The van der Waals surface area contributed by atoms with Crippen molar-refractivity contribution in [2.45, 2.75) is 12.5 Å². The molecule has 0 aliphatic heterocycles. The lowest BCUT2D eigenvalue weighted by Crippen LogP contribution is -2.46. The first-order valence-corrected chi connectivity index (χ1v) is 6.92. The molecular weight excluding hydrogens is 342 g/mol. The van der Waals surface area contributed by atoms with E-state index in [4.69, 9.17) is 5.73 Å². The summed E-state index contributed by atoms with van der Waals surface area (Å²) in [5.74, 6) is -1.98. The number of anilines is 1. The van der Waals surface area contributed by atoms with Crippen molar-refractivity contribution < 1.29 is 13.6 Å². The van der Waals surface area contributed by atoms with E-state index in [0.29, 0.717) is 4.47 Å². The molecule has 21 heavy (non-hydrogen) atoms. The van der Waals surface area contributed by atoms with E-state index in [0.717, 1.165) is 0 Å². The van der Waals surface area contributed by atoms with E-state index in [2.05, 4.69) is 21.2 Å². The summed E-state index contributed by atoms with van der Waals surface area (Å²) >= 11 is 3.22. The number of rotatable bonds is 4. The maximum atomic E-state index is 14.1. The van der Waals surface area contributed by atoms with Crippen LogP contribution in [0.1, 0.15) is 12.5 Å². The van der Waals surface area contributed by atoms with Gasteiger partial charge in [0.2, 0.25) is 5.91 Å². The van der Waals surface area contributed by atoms with Gasteiger partial charge in [0.05, 0.1) is 5.69 Å². The van der Waals surface area contributed by atoms with Gasteiger partial charge in [-0.3, -0.25) is 4.79 Å². The van der Waals surface area contributed by atoms with Gasteiger partial charge in [-0.15, -0.1) is 0 Å². The average Bonchev–Trinajstić information content (AvgIpc) is 2.43. The Morgan fingerprint density at radius 3 is 2.48 bits per heavy atom. The molecule has 2 aromatic rings. The van der Waals surface area contributed by atoms with Crippen LogP contribution >= 0.6 is 15.9 Å². The van der Waals surface area contributed by atoms with Crippen LogP contribution in [0, 0.1) is 11.6 Å². The highest BCUT2D eigenvalue weighted by molar-refractivity contribution is 9.10. The summed E-state index contributed by atoms with van der Waals surface area (Å²) in [6.45, 7) is 1.41. The Kier molecular flexibility index (Phi) is 4.27. The second kappa shape index (κ2) is 5.81. The van der Waals surface area contributed by atoms with Crippen molar-refractivity contribution >= 4 is 27.5 Å². The number of hydrogen-bond acceptors (Lipinski definition) is 2. The number of halogens is 3. The first kappa shape index (κ1) is 15.4. The number of carbonyl (C=O) groups excluding carboxylic acids is 1. The van der Waals surface area contributed by atoms with Crippen molar-refractivity contribution in [1.29, 1.82) is 0 Å². The summed E-state index contributed by atoms with van der Waals surface area (Å²) in [6, 6.07) is 9.96. The molecule has 0 aliphatic carbocycles. The molecule has 0 radical (unpaired) electrons. The zero-order valence-corrected chi connectivity index (χ0v) is 12.7. The molecule has 2 rings (SSSR count). The molecule has 0 aromatic heterocycles. The van der Waals surface area contributed by atoms with Crippen LogP contribution in [-0.2, 0) is 10.3 Å². The summed E-state index contributed by atoms with van der Waals surface area (Å²) in [5.41, 5.74) is 3.93.